The van der Waals surface area contributed by atoms with Crippen LogP contribution in [0.25, 0.3) is 0 Å². The Morgan fingerprint density at radius 1 is 0.304 bits per heavy atom. The van der Waals surface area contributed by atoms with Crippen molar-refractivity contribution in [3.63, 3.8) is 0 Å². The number of carbonyl (C=O) groups excluding carboxylic acids is 3. The molecule has 0 spiro atoms. The Morgan fingerprint density at radius 2 is 0.565 bits per heavy atom. The maximum atomic E-state index is 12.9. The van der Waals surface area contributed by atoms with Crippen LogP contribution in [0.4, 0.5) is 0 Å². The van der Waals surface area contributed by atoms with Crippen LogP contribution in [0.5, 0.6) is 0 Å². The lowest BCUT2D eigenvalue weighted by atomic mass is 10.1. The van der Waals surface area contributed by atoms with Crippen LogP contribution in [0, 0.1) is 0 Å². The summed E-state index contributed by atoms with van der Waals surface area (Å²) in [5.74, 6) is -0.907. The summed E-state index contributed by atoms with van der Waals surface area (Å²) in [5, 5.41) is 0. The monoisotopic (exact) mass is 961 g/mol. The molecule has 0 aliphatic rings. The molecule has 0 saturated heterocycles. The van der Waals surface area contributed by atoms with Gasteiger partial charge in [-0.3, -0.25) is 14.4 Å². The first-order chi connectivity index (χ1) is 34.0. The van der Waals surface area contributed by atoms with E-state index in [0.29, 0.717) is 19.3 Å². The van der Waals surface area contributed by atoms with Gasteiger partial charge in [-0.15, -0.1) is 0 Å². The molecular weight excluding hydrogens is 853 g/mol. The average Bonchev–Trinajstić information content (AvgIpc) is 3.35. The Bertz CT molecular complexity index is 1330. The first-order valence-corrected chi connectivity index (χ1v) is 29.1. The van der Waals surface area contributed by atoms with Crippen molar-refractivity contribution < 1.29 is 28.6 Å². The van der Waals surface area contributed by atoms with Gasteiger partial charge in [0.1, 0.15) is 13.2 Å². The summed E-state index contributed by atoms with van der Waals surface area (Å²) in [4.78, 5) is 38.2. The number of rotatable bonds is 52. The Balaban J connectivity index is 4.41. The van der Waals surface area contributed by atoms with Crippen LogP contribution in [-0.4, -0.2) is 37.2 Å². The number of hydrogen-bond acceptors (Lipinski definition) is 6. The van der Waals surface area contributed by atoms with Crippen molar-refractivity contribution in [2.75, 3.05) is 13.2 Å². The van der Waals surface area contributed by atoms with Gasteiger partial charge in [-0.1, -0.05) is 234 Å². The van der Waals surface area contributed by atoms with Crippen LogP contribution in [0.3, 0.4) is 0 Å². The third-order valence-corrected chi connectivity index (χ3v) is 12.4. The van der Waals surface area contributed by atoms with Gasteiger partial charge in [0.2, 0.25) is 0 Å². The number of unbranched alkanes of at least 4 members (excludes halogenated alkanes) is 27. The maximum absolute atomic E-state index is 12.9. The van der Waals surface area contributed by atoms with Crippen LogP contribution >= 0.6 is 0 Å². The van der Waals surface area contributed by atoms with Crippen molar-refractivity contribution in [3.05, 3.63) is 85.1 Å². The predicted octanol–water partition coefficient (Wildman–Crippen LogP) is 19.5. The van der Waals surface area contributed by atoms with Crippen molar-refractivity contribution in [3.8, 4) is 0 Å². The zero-order valence-corrected chi connectivity index (χ0v) is 45.3. The second-order valence-corrected chi connectivity index (χ2v) is 19.1. The molecule has 0 saturated carbocycles. The second kappa shape index (κ2) is 57.2. The van der Waals surface area contributed by atoms with Gasteiger partial charge in [0.05, 0.1) is 0 Å². The van der Waals surface area contributed by atoms with E-state index in [1.165, 1.54) is 122 Å². The molecule has 0 rings (SSSR count). The van der Waals surface area contributed by atoms with E-state index in [2.05, 4.69) is 106 Å². The summed E-state index contributed by atoms with van der Waals surface area (Å²) in [6.45, 7) is 6.41. The summed E-state index contributed by atoms with van der Waals surface area (Å²) in [5.41, 5.74) is 0. The molecule has 0 aromatic heterocycles. The number of ether oxygens (including phenoxy) is 3. The third kappa shape index (κ3) is 55.4. The summed E-state index contributed by atoms with van der Waals surface area (Å²) >= 11 is 0. The molecule has 0 aliphatic carbocycles. The van der Waals surface area contributed by atoms with E-state index in [-0.39, 0.29) is 31.1 Å². The number of hydrogen-bond donors (Lipinski definition) is 0. The van der Waals surface area contributed by atoms with Crippen molar-refractivity contribution in [2.24, 2.45) is 0 Å². The molecule has 0 bridgehead atoms. The normalized spacial score (nSPS) is 12.7. The number of esters is 3. The molecule has 0 amide bonds. The zero-order chi connectivity index (χ0) is 50.0. The first-order valence-electron chi connectivity index (χ1n) is 29.1. The summed E-state index contributed by atoms with van der Waals surface area (Å²) in [7, 11) is 0. The molecule has 0 aromatic carbocycles. The third-order valence-electron chi connectivity index (χ3n) is 12.4. The molecule has 0 N–H and O–H groups in total. The van der Waals surface area contributed by atoms with Gasteiger partial charge >= 0.3 is 17.9 Å². The fourth-order valence-electron chi connectivity index (χ4n) is 8.05. The smallest absolute Gasteiger partial charge is 0.306 e. The van der Waals surface area contributed by atoms with Crippen molar-refractivity contribution >= 4 is 17.9 Å². The number of allylic oxidation sites excluding steroid dienone is 14. The fraction of sp³-hybridized carbons (Fsp3) is 0.730. The molecule has 0 radical (unpaired) electrons. The van der Waals surface area contributed by atoms with Gasteiger partial charge < -0.3 is 14.2 Å². The Hall–Kier alpha value is -3.41. The van der Waals surface area contributed by atoms with Crippen molar-refractivity contribution in [1.29, 1.82) is 0 Å². The minimum atomic E-state index is -0.790. The van der Waals surface area contributed by atoms with E-state index in [1.807, 2.05) is 0 Å². The fourth-order valence-corrected chi connectivity index (χ4v) is 8.05. The van der Waals surface area contributed by atoms with Crippen LogP contribution in [-0.2, 0) is 28.6 Å². The van der Waals surface area contributed by atoms with Gasteiger partial charge in [-0.25, -0.2) is 0 Å². The van der Waals surface area contributed by atoms with E-state index in [1.54, 1.807) is 0 Å². The molecule has 0 aromatic rings. The van der Waals surface area contributed by atoms with E-state index in [0.717, 1.165) is 116 Å². The summed E-state index contributed by atoms with van der Waals surface area (Å²) in [6, 6.07) is 0. The quantitative estimate of drug-likeness (QED) is 0.0262. The maximum Gasteiger partial charge on any atom is 0.306 e. The molecule has 1 unspecified atom stereocenters. The van der Waals surface area contributed by atoms with E-state index >= 15 is 0 Å². The molecule has 396 valence electrons. The van der Waals surface area contributed by atoms with E-state index in [4.69, 9.17) is 14.2 Å². The minimum Gasteiger partial charge on any atom is -0.462 e. The molecule has 69 heavy (non-hydrogen) atoms. The highest BCUT2D eigenvalue weighted by Gasteiger charge is 2.19. The lowest BCUT2D eigenvalue weighted by molar-refractivity contribution is -0.167. The second-order valence-electron chi connectivity index (χ2n) is 19.1. The van der Waals surface area contributed by atoms with Crippen molar-refractivity contribution in [2.45, 2.75) is 284 Å². The van der Waals surface area contributed by atoms with E-state index < -0.39 is 6.10 Å². The highest BCUT2D eigenvalue weighted by molar-refractivity contribution is 5.71. The standard InChI is InChI=1S/C63H108O6/c1-4-7-10-13-16-19-22-25-28-31-32-33-36-38-41-44-47-50-53-56-62(65)68-59-60(69-63(66)57-54-51-48-45-42-39-35-30-27-24-21-18-15-12-9-6-3)58-67-61(64)55-52-49-46-43-40-37-34-29-26-23-20-17-14-11-8-5-2/h7,9-10,12,16,18-19,21,25,27-30,34,60H,4-6,8,11,13-15,17,20,22-24,26,31-33,35-59H2,1-3H3/b10-7-,12-9-,19-16-,21-18-,28-25-,30-27-,34-29-. The van der Waals surface area contributed by atoms with Crippen LogP contribution in [0.15, 0.2) is 85.1 Å². The van der Waals surface area contributed by atoms with Gasteiger partial charge in [0.25, 0.3) is 0 Å². The zero-order valence-electron chi connectivity index (χ0n) is 45.3. The topological polar surface area (TPSA) is 78.9 Å². The number of carbonyl (C=O) groups is 3. The van der Waals surface area contributed by atoms with Gasteiger partial charge in [-0.05, 0) is 109 Å². The Labute approximate surface area is 426 Å². The Kier molecular flexibility index (Phi) is 54.3. The predicted molar refractivity (Wildman–Crippen MR) is 297 cm³/mol. The SMILES string of the molecule is CC/C=C\C/C=C\C/C=C\CCCCCCCCCCCC(=O)OCC(COC(=O)CCCCCCC/C=C\CCCCCCCCC)OC(=O)CCCCCCCC/C=C\C/C=C\C/C=C\CC. The average molecular weight is 962 g/mol. The summed E-state index contributed by atoms with van der Waals surface area (Å²) < 4.78 is 16.9. The van der Waals surface area contributed by atoms with Crippen LogP contribution < -0.4 is 0 Å². The minimum absolute atomic E-state index is 0.0871. The van der Waals surface area contributed by atoms with E-state index in [9.17, 15) is 14.4 Å². The molecular formula is C63H108O6. The van der Waals surface area contributed by atoms with Gasteiger partial charge in [0, 0.05) is 19.3 Å². The lowest BCUT2D eigenvalue weighted by Crippen LogP contribution is -2.30. The van der Waals surface area contributed by atoms with Crippen molar-refractivity contribution in [1.82, 2.24) is 0 Å². The molecule has 0 fully saturated rings. The molecule has 6 nitrogen and oxygen atoms in total. The first kappa shape index (κ1) is 65.6. The van der Waals surface area contributed by atoms with Gasteiger partial charge in [-0.2, -0.15) is 0 Å². The molecule has 6 heteroatoms. The highest BCUT2D eigenvalue weighted by atomic mass is 16.6. The molecule has 0 heterocycles. The van der Waals surface area contributed by atoms with Gasteiger partial charge in [0.15, 0.2) is 6.10 Å². The van der Waals surface area contributed by atoms with Crippen LogP contribution in [0.1, 0.15) is 278 Å². The van der Waals surface area contributed by atoms with Crippen LogP contribution in [0.2, 0.25) is 0 Å². The lowest BCUT2D eigenvalue weighted by Gasteiger charge is -2.18. The molecule has 0 aliphatic heterocycles. The highest BCUT2D eigenvalue weighted by Crippen LogP contribution is 2.15. The largest absolute Gasteiger partial charge is 0.462 e. The Morgan fingerprint density at radius 3 is 0.899 bits per heavy atom. The molecule has 1 atom stereocenters. The summed E-state index contributed by atoms with van der Waals surface area (Å²) in [6.07, 6.45) is 74.3.